The van der Waals surface area contributed by atoms with E-state index in [0.29, 0.717) is 0 Å². The Morgan fingerprint density at radius 3 is 2.84 bits per heavy atom. The molecule has 1 aromatic rings. The molecule has 0 radical (unpaired) electrons. The van der Waals surface area contributed by atoms with E-state index < -0.39 is 0 Å². The Kier molecular flexibility index (Phi) is 7.83. The topological polar surface area (TPSA) is 16.1 Å². The number of likely N-dealkylation sites (N-methyl/N-ethyl adjacent to an activating group) is 1. The van der Waals surface area contributed by atoms with Gasteiger partial charge in [0, 0.05) is 18.9 Å². The van der Waals surface area contributed by atoms with Crippen LogP contribution in [0.5, 0.6) is 0 Å². The molecule has 0 atom stereocenters. The van der Waals surface area contributed by atoms with Crippen LogP contribution in [0.25, 0.3) is 6.08 Å². The van der Waals surface area contributed by atoms with Crippen molar-refractivity contribution in [2.24, 2.45) is 5.92 Å². The molecular weight excluding hydrogens is 232 g/mol. The second-order valence-corrected chi connectivity index (χ2v) is 5.37. The fourth-order valence-electron chi connectivity index (χ4n) is 1.82. The zero-order chi connectivity index (χ0) is 13.9. The van der Waals surface area contributed by atoms with Gasteiger partial charge in [-0.3, -0.25) is 4.98 Å². The molecule has 0 aliphatic carbocycles. The minimum atomic E-state index is 0.811. The summed E-state index contributed by atoms with van der Waals surface area (Å²) in [5, 5.41) is 0. The molecular formula is C17H26N2. The highest BCUT2D eigenvalue weighted by atomic mass is 15.1. The predicted molar refractivity (Wildman–Crippen MR) is 84.0 cm³/mol. The third-order valence-corrected chi connectivity index (χ3v) is 2.96. The van der Waals surface area contributed by atoms with E-state index >= 15 is 0 Å². The fourth-order valence-corrected chi connectivity index (χ4v) is 1.82. The van der Waals surface area contributed by atoms with E-state index in [1.54, 1.807) is 6.20 Å². The Morgan fingerprint density at radius 2 is 2.16 bits per heavy atom. The summed E-state index contributed by atoms with van der Waals surface area (Å²) in [5.74, 6) is 0.811. The number of hydrogen-bond donors (Lipinski definition) is 0. The van der Waals surface area contributed by atoms with Gasteiger partial charge in [-0.25, -0.2) is 0 Å². The molecule has 0 N–H and O–H groups in total. The van der Waals surface area contributed by atoms with Crippen LogP contribution in [0, 0.1) is 5.92 Å². The van der Waals surface area contributed by atoms with E-state index in [1.165, 1.54) is 19.4 Å². The van der Waals surface area contributed by atoms with E-state index in [1.807, 2.05) is 12.3 Å². The summed E-state index contributed by atoms with van der Waals surface area (Å²) in [7, 11) is 2.18. The lowest BCUT2D eigenvalue weighted by molar-refractivity contribution is 0.348. The van der Waals surface area contributed by atoms with Crippen molar-refractivity contribution in [1.82, 2.24) is 9.88 Å². The summed E-state index contributed by atoms with van der Waals surface area (Å²) in [6.45, 7) is 6.75. The lowest BCUT2D eigenvalue weighted by Gasteiger charge is -2.14. The Hall–Kier alpha value is -1.41. The molecule has 0 aliphatic heterocycles. The Morgan fingerprint density at radius 1 is 1.32 bits per heavy atom. The number of rotatable bonds is 8. The molecule has 2 nitrogen and oxygen atoms in total. The summed E-state index contributed by atoms with van der Waals surface area (Å²) < 4.78 is 0. The van der Waals surface area contributed by atoms with E-state index in [2.05, 4.69) is 61.1 Å². The SMILES string of the molecule is CC(C)CCCN(C)C/C=C\C=C\c1cccnc1. The molecule has 0 spiro atoms. The van der Waals surface area contributed by atoms with E-state index in [4.69, 9.17) is 0 Å². The first-order chi connectivity index (χ1) is 9.18. The molecule has 19 heavy (non-hydrogen) atoms. The standard InChI is InChI=1S/C17H26N2/c1-16(2)9-8-14-19(3)13-6-4-5-10-17-11-7-12-18-15-17/h4-7,10-12,15-16H,8-9,13-14H2,1-3H3/b6-4-,10-5+. The van der Waals surface area contributed by atoms with Gasteiger partial charge in [0.25, 0.3) is 0 Å². The van der Waals surface area contributed by atoms with Crippen LogP contribution in [0.1, 0.15) is 32.3 Å². The van der Waals surface area contributed by atoms with E-state index in [9.17, 15) is 0 Å². The summed E-state index contributed by atoms with van der Waals surface area (Å²) in [4.78, 5) is 6.43. The molecule has 0 saturated carbocycles. The maximum Gasteiger partial charge on any atom is 0.0340 e. The number of nitrogens with zero attached hydrogens (tertiary/aromatic N) is 2. The van der Waals surface area contributed by atoms with Gasteiger partial charge in [0.15, 0.2) is 0 Å². The van der Waals surface area contributed by atoms with Gasteiger partial charge >= 0.3 is 0 Å². The Bertz CT molecular complexity index is 380. The van der Waals surface area contributed by atoms with Gasteiger partial charge < -0.3 is 4.90 Å². The molecule has 1 aromatic heterocycles. The number of pyridine rings is 1. The first-order valence-corrected chi connectivity index (χ1v) is 7.10. The van der Waals surface area contributed by atoms with Gasteiger partial charge in [0.05, 0.1) is 0 Å². The van der Waals surface area contributed by atoms with Crippen LogP contribution in [-0.4, -0.2) is 30.0 Å². The Balaban J connectivity index is 2.17. The zero-order valence-corrected chi connectivity index (χ0v) is 12.4. The highest BCUT2D eigenvalue weighted by Crippen LogP contribution is 2.04. The van der Waals surface area contributed by atoms with Gasteiger partial charge in [0.2, 0.25) is 0 Å². The molecule has 104 valence electrons. The quantitative estimate of drug-likeness (QED) is 0.655. The molecule has 1 heterocycles. The summed E-state index contributed by atoms with van der Waals surface area (Å²) >= 11 is 0. The van der Waals surface area contributed by atoms with Gasteiger partial charge in [-0.05, 0) is 44.0 Å². The second-order valence-electron chi connectivity index (χ2n) is 5.37. The first-order valence-electron chi connectivity index (χ1n) is 7.10. The summed E-state index contributed by atoms with van der Waals surface area (Å²) in [6, 6.07) is 4.00. The average Bonchev–Trinajstić information content (AvgIpc) is 2.39. The molecule has 0 fully saturated rings. The van der Waals surface area contributed by atoms with Crippen LogP contribution in [0.15, 0.2) is 42.8 Å². The first kappa shape index (κ1) is 15.6. The van der Waals surface area contributed by atoms with Gasteiger partial charge in [-0.15, -0.1) is 0 Å². The fraction of sp³-hybridized carbons (Fsp3) is 0.471. The third-order valence-electron chi connectivity index (χ3n) is 2.96. The van der Waals surface area contributed by atoms with Crippen molar-refractivity contribution in [2.45, 2.75) is 26.7 Å². The van der Waals surface area contributed by atoms with Crippen LogP contribution in [0.4, 0.5) is 0 Å². The second kappa shape index (κ2) is 9.51. The van der Waals surface area contributed by atoms with Crippen molar-refractivity contribution in [2.75, 3.05) is 20.1 Å². The molecule has 0 amide bonds. The number of allylic oxidation sites excluding steroid dienone is 2. The summed E-state index contributed by atoms with van der Waals surface area (Å²) in [5.41, 5.74) is 1.14. The molecule has 1 rings (SSSR count). The number of aromatic nitrogens is 1. The smallest absolute Gasteiger partial charge is 0.0340 e. The summed E-state index contributed by atoms with van der Waals surface area (Å²) in [6.07, 6.45) is 14.7. The molecule has 0 bridgehead atoms. The van der Waals surface area contributed by atoms with Gasteiger partial charge in [0.1, 0.15) is 0 Å². The van der Waals surface area contributed by atoms with Gasteiger partial charge in [-0.1, -0.05) is 44.2 Å². The highest BCUT2D eigenvalue weighted by molar-refractivity contribution is 5.49. The van der Waals surface area contributed by atoms with Crippen LogP contribution in [0.2, 0.25) is 0 Å². The largest absolute Gasteiger partial charge is 0.303 e. The highest BCUT2D eigenvalue weighted by Gasteiger charge is 1.97. The lowest BCUT2D eigenvalue weighted by atomic mass is 10.1. The monoisotopic (exact) mass is 258 g/mol. The maximum absolute atomic E-state index is 4.08. The minimum Gasteiger partial charge on any atom is -0.303 e. The van der Waals surface area contributed by atoms with Crippen molar-refractivity contribution in [3.8, 4) is 0 Å². The molecule has 0 saturated heterocycles. The van der Waals surface area contributed by atoms with Crippen molar-refractivity contribution < 1.29 is 0 Å². The van der Waals surface area contributed by atoms with E-state index in [0.717, 1.165) is 18.0 Å². The van der Waals surface area contributed by atoms with Crippen molar-refractivity contribution in [3.05, 3.63) is 48.3 Å². The van der Waals surface area contributed by atoms with Crippen LogP contribution in [0.3, 0.4) is 0 Å². The minimum absolute atomic E-state index is 0.811. The zero-order valence-electron chi connectivity index (χ0n) is 12.4. The van der Waals surface area contributed by atoms with E-state index in [-0.39, 0.29) is 0 Å². The maximum atomic E-state index is 4.08. The molecule has 2 heteroatoms. The van der Waals surface area contributed by atoms with Gasteiger partial charge in [-0.2, -0.15) is 0 Å². The number of hydrogen-bond acceptors (Lipinski definition) is 2. The average molecular weight is 258 g/mol. The normalized spacial score (nSPS) is 12.3. The Labute approximate surface area is 117 Å². The van der Waals surface area contributed by atoms with Crippen molar-refractivity contribution in [3.63, 3.8) is 0 Å². The van der Waals surface area contributed by atoms with Crippen LogP contribution < -0.4 is 0 Å². The van der Waals surface area contributed by atoms with Crippen molar-refractivity contribution >= 4 is 6.08 Å². The molecule has 0 aromatic carbocycles. The molecule has 0 aliphatic rings. The lowest BCUT2D eigenvalue weighted by Crippen LogP contribution is -2.19. The van der Waals surface area contributed by atoms with Crippen molar-refractivity contribution in [1.29, 1.82) is 0 Å². The van der Waals surface area contributed by atoms with Crippen LogP contribution >= 0.6 is 0 Å². The predicted octanol–water partition coefficient (Wildman–Crippen LogP) is 4.02. The van der Waals surface area contributed by atoms with Crippen LogP contribution in [-0.2, 0) is 0 Å². The third kappa shape index (κ3) is 8.33. The molecule has 0 unspecified atom stereocenters.